The van der Waals surface area contributed by atoms with Gasteiger partial charge in [0.15, 0.2) is 0 Å². The lowest BCUT2D eigenvalue weighted by molar-refractivity contribution is -0.137. The highest BCUT2D eigenvalue weighted by molar-refractivity contribution is 5.82. The van der Waals surface area contributed by atoms with E-state index >= 15 is 0 Å². The van der Waals surface area contributed by atoms with Crippen LogP contribution in [0.2, 0.25) is 0 Å². The van der Waals surface area contributed by atoms with E-state index in [1.807, 2.05) is 0 Å². The van der Waals surface area contributed by atoms with Crippen molar-refractivity contribution in [3.63, 3.8) is 0 Å². The monoisotopic (exact) mass is 200 g/mol. The highest BCUT2D eigenvalue weighted by Gasteiger charge is 2.19. The number of carbonyl (C=O) groups excluding carboxylic acids is 1. The van der Waals surface area contributed by atoms with E-state index in [4.69, 9.17) is 5.11 Å². The number of amides is 1. The summed E-state index contributed by atoms with van der Waals surface area (Å²) < 4.78 is 0. The van der Waals surface area contributed by atoms with Crippen LogP contribution < -0.4 is 10.6 Å². The van der Waals surface area contributed by atoms with Crippen molar-refractivity contribution < 1.29 is 14.7 Å². The van der Waals surface area contributed by atoms with E-state index in [1.54, 1.807) is 0 Å². The van der Waals surface area contributed by atoms with Gasteiger partial charge in [-0.2, -0.15) is 0 Å². The van der Waals surface area contributed by atoms with Crippen LogP contribution in [0.3, 0.4) is 0 Å². The van der Waals surface area contributed by atoms with E-state index in [0.29, 0.717) is 0 Å². The smallest absolute Gasteiger partial charge is 0.305 e. The molecule has 1 heterocycles. The van der Waals surface area contributed by atoms with E-state index in [1.165, 1.54) is 0 Å². The van der Waals surface area contributed by atoms with Crippen LogP contribution in [0.25, 0.3) is 0 Å². The van der Waals surface area contributed by atoms with Gasteiger partial charge in [0.05, 0.1) is 12.5 Å². The van der Waals surface area contributed by atoms with Crippen LogP contribution in [0.4, 0.5) is 0 Å². The van der Waals surface area contributed by atoms with Crippen molar-refractivity contribution in [1.82, 2.24) is 10.6 Å². The third-order valence-electron chi connectivity index (χ3n) is 2.26. The number of carboxylic acid groups (broad SMARTS) is 1. The summed E-state index contributed by atoms with van der Waals surface area (Å²) in [6, 6.07) is -0.127. The first-order valence-electron chi connectivity index (χ1n) is 4.93. The molecule has 0 aromatic carbocycles. The van der Waals surface area contributed by atoms with Gasteiger partial charge in [-0.05, 0) is 19.4 Å². The fourth-order valence-corrected chi connectivity index (χ4v) is 1.49. The molecule has 0 saturated carbocycles. The molecule has 0 aliphatic carbocycles. The summed E-state index contributed by atoms with van der Waals surface area (Å²) in [6.45, 7) is 1.09. The SMILES string of the molecule is O=C(O)CCNC(=O)C1CCCCN1. The molecule has 1 amide bonds. The molecule has 0 bridgehead atoms. The summed E-state index contributed by atoms with van der Waals surface area (Å²) in [5.41, 5.74) is 0. The minimum Gasteiger partial charge on any atom is -0.481 e. The third kappa shape index (κ3) is 3.74. The Balaban J connectivity index is 2.16. The predicted molar refractivity (Wildman–Crippen MR) is 50.9 cm³/mol. The van der Waals surface area contributed by atoms with Gasteiger partial charge >= 0.3 is 5.97 Å². The summed E-state index contributed by atoms with van der Waals surface area (Å²) in [4.78, 5) is 21.6. The Morgan fingerprint density at radius 1 is 1.43 bits per heavy atom. The average Bonchev–Trinajstić information content (AvgIpc) is 2.18. The molecule has 1 atom stereocenters. The van der Waals surface area contributed by atoms with Gasteiger partial charge in [0.2, 0.25) is 5.91 Å². The number of hydrogen-bond acceptors (Lipinski definition) is 3. The Morgan fingerprint density at radius 3 is 2.79 bits per heavy atom. The van der Waals surface area contributed by atoms with Crippen LogP contribution in [-0.2, 0) is 9.59 Å². The normalized spacial score (nSPS) is 21.6. The van der Waals surface area contributed by atoms with Gasteiger partial charge in [0, 0.05) is 6.54 Å². The largest absolute Gasteiger partial charge is 0.481 e. The van der Waals surface area contributed by atoms with E-state index in [-0.39, 0.29) is 24.9 Å². The van der Waals surface area contributed by atoms with E-state index < -0.39 is 5.97 Å². The van der Waals surface area contributed by atoms with Crippen LogP contribution in [0.1, 0.15) is 25.7 Å². The highest BCUT2D eigenvalue weighted by Crippen LogP contribution is 2.06. The summed E-state index contributed by atoms with van der Waals surface area (Å²) in [5.74, 6) is -0.965. The minimum atomic E-state index is -0.887. The first-order valence-corrected chi connectivity index (χ1v) is 4.93. The van der Waals surface area contributed by atoms with Gasteiger partial charge in [-0.15, -0.1) is 0 Å². The number of aliphatic carboxylic acids is 1. The van der Waals surface area contributed by atoms with Gasteiger partial charge in [0.1, 0.15) is 0 Å². The van der Waals surface area contributed by atoms with Gasteiger partial charge < -0.3 is 15.7 Å². The molecule has 1 rings (SSSR count). The zero-order chi connectivity index (χ0) is 10.4. The van der Waals surface area contributed by atoms with E-state index in [0.717, 1.165) is 25.8 Å². The molecule has 3 N–H and O–H groups in total. The lowest BCUT2D eigenvalue weighted by Crippen LogP contribution is -2.46. The Hall–Kier alpha value is -1.10. The van der Waals surface area contributed by atoms with Gasteiger partial charge in [-0.25, -0.2) is 0 Å². The Labute approximate surface area is 82.9 Å². The quantitative estimate of drug-likeness (QED) is 0.583. The number of rotatable bonds is 4. The summed E-state index contributed by atoms with van der Waals surface area (Å²) in [5, 5.41) is 14.1. The van der Waals surface area contributed by atoms with Crippen molar-refractivity contribution in [3.8, 4) is 0 Å². The van der Waals surface area contributed by atoms with Crippen LogP contribution >= 0.6 is 0 Å². The van der Waals surface area contributed by atoms with Crippen LogP contribution in [0.15, 0.2) is 0 Å². The van der Waals surface area contributed by atoms with E-state index in [9.17, 15) is 9.59 Å². The lowest BCUT2D eigenvalue weighted by Gasteiger charge is -2.22. The fourth-order valence-electron chi connectivity index (χ4n) is 1.49. The van der Waals surface area contributed by atoms with Crippen LogP contribution in [-0.4, -0.2) is 36.1 Å². The number of nitrogens with one attached hydrogen (secondary N) is 2. The standard InChI is InChI=1S/C9H16N2O3/c12-8(13)4-6-11-9(14)7-3-1-2-5-10-7/h7,10H,1-6H2,(H,11,14)(H,12,13). The Bertz CT molecular complexity index is 212. The molecular weight excluding hydrogens is 184 g/mol. The van der Waals surface area contributed by atoms with E-state index in [2.05, 4.69) is 10.6 Å². The molecule has 1 aliphatic rings. The molecule has 0 radical (unpaired) electrons. The molecule has 1 fully saturated rings. The molecule has 0 aromatic rings. The maximum atomic E-state index is 11.4. The molecule has 0 spiro atoms. The molecular formula is C9H16N2O3. The second-order valence-electron chi connectivity index (χ2n) is 3.44. The lowest BCUT2D eigenvalue weighted by atomic mass is 10.0. The fraction of sp³-hybridized carbons (Fsp3) is 0.778. The minimum absolute atomic E-state index is 0.0154. The first kappa shape index (κ1) is 11.0. The van der Waals surface area contributed by atoms with Crippen molar-refractivity contribution in [1.29, 1.82) is 0 Å². The number of carbonyl (C=O) groups is 2. The topological polar surface area (TPSA) is 78.4 Å². The van der Waals surface area contributed by atoms with Crippen molar-refractivity contribution in [2.75, 3.05) is 13.1 Å². The van der Waals surface area contributed by atoms with Crippen molar-refractivity contribution >= 4 is 11.9 Å². The predicted octanol–water partition coefficient (Wildman–Crippen LogP) is -0.281. The summed E-state index contributed by atoms with van der Waals surface area (Å²) in [6.07, 6.45) is 3.00. The molecule has 5 nitrogen and oxygen atoms in total. The molecule has 1 unspecified atom stereocenters. The van der Waals surface area contributed by atoms with Gasteiger partial charge in [-0.3, -0.25) is 9.59 Å². The summed E-state index contributed by atoms with van der Waals surface area (Å²) >= 11 is 0. The number of hydrogen-bond donors (Lipinski definition) is 3. The third-order valence-corrected chi connectivity index (χ3v) is 2.26. The highest BCUT2D eigenvalue weighted by atomic mass is 16.4. The number of carboxylic acids is 1. The Morgan fingerprint density at radius 2 is 2.21 bits per heavy atom. The zero-order valence-corrected chi connectivity index (χ0v) is 8.08. The Kier molecular flexibility index (Phi) is 4.39. The molecule has 1 saturated heterocycles. The molecule has 0 aromatic heterocycles. The van der Waals surface area contributed by atoms with Gasteiger partial charge in [0.25, 0.3) is 0 Å². The molecule has 80 valence electrons. The maximum Gasteiger partial charge on any atom is 0.305 e. The van der Waals surface area contributed by atoms with Crippen LogP contribution in [0.5, 0.6) is 0 Å². The average molecular weight is 200 g/mol. The zero-order valence-electron chi connectivity index (χ0n) is 8.08. The summed E-state index contributed by atoms with van der Waals surface area (Å²) in [7, 11) is 0. The second-order valence-corrected chi connectivity index (χ2v) is 3.44. The molecule has 5 heteroatoms. The van der Waals surface area contributed by atoms with Crippen LogP contribution in [0, 0.1) is 0 Å². The van der Waals surface area contributed by atoms with Crippen molar-refractivity contribution in [2.24, 2.45) is 0 Å². The first-order chi connectivity index (χ1) is 6.70. The molecule has 14 heavy (non-hydrogen) atoms. The maximum absolute atomic E-state index is 11.4. The second kappa shape index (κ2) is 5.59. The van der Waals surface area contributed by atoms with Crippen molar-refractivity contribution in [2.45, 2.75) is 31.7 Å². The number of piperidine rings is 1. The molecule has 1 aliphatic heterocycles. The van der Waals surface area contributed by atoms with Gasteiger partial charge in [-0.1, -0.05) is 6.42 Å². The van der Waals surface area contributed by atoms with Crippen molar-refractivity contribution in [3.05, 3.63) is 0 Å².